The molecular weight excluding hydrogens is 256 g/mol. The molecule has 0 amide bonds. The van der Waals surface area contributed by atoms with Crippen molar-refractivity contribution in [3.05, 3.63) is 58.8 Å². The van der Waals surface area contributed by atoms with Crippen molar-refractivity contribution in [1.82, 2.24) is 14.5 Å². The molecule has 2 heterocycles. The normalized spacial score (nSPS) is 10.8. The van der Waals surface area contributed by atoms with Crippen molar-refractivity contribution in [3.8, 4) is 5.69 Å². The molecule has 1 aromatic carbocycles. The van der Waals surface area contributed by atoms with E-state index in [-0.39, 0.29) is 5.69 Å². The summed E-state index contributed by atoms with van der Waals surface area (Å²) in [4.78, 5) is 19.1. The van der Waals surface area contributed by atoms with Gasteiger partial charge in [0, 0.05) is 36.5 Å². The van der Waals surface area contributed by atoms with Crippen LogP contribution in [0, 0.1) is 10.1 Å². The Bertz CT molecular complexity index is 795. The Morgan fingerprint density at radius 3 is 2.85 bits per heavy atom. The first-order valence-corrected chi connectivity index (χ1v) is 6.27. The second kappa shape index (κ2) is 4.73. The molecule has 2 aromatic heterocycles. The minimum atomic E-state index is -0.409. The molecule has 0 radical (unpaired) electrons. The molecule has 3 aromatic rings. The summed E-state index contributed by atoms with van der Waals surface area (Å²) in [5.41, 5.74) is 1.27. The Balaban J connectivity index is 2.33. The molecule has 6 heteroatoms. The first-order chi connectivity index (χ1) is 9.72. The predicted octanol–water partition coefficient (Wildman–Crippen LogP) is 2.89. The van der Waals surface area contributed by atoms with E-state index in [4.69, 9.17) is 0 Å². The van der Waals surface area contributed by atoms with Crippen LogP contribution in [0.15, 0.2) is 42.9 Å². The summed E-state index contributed by atoms with van der Waals surface area (Å²) in [6.45, 7) is 2.02. The highest BCUT2D eigenvalue weighted by Gasteiger charge is 2.15. The van der Waals surface area contributed by atoms with E-state index in [0.717, 1.165) is 23.3 Å². The predicted molar refractivity (Wildman–Crippen MR) is 74.9 cm³/mol. The van der Waals surface area contributed by atoms with Crippen LogP contribution >= 0.6 is 0 Å². The summed E-state index contributed by atoms with van der Waals surface area (Å²) in [7, 11) is 0. The molecule has 0 N–H and O–H groups in total. The number of nitro benzene ring substituents is 1. The zero-order chi connectivity index (χ0) is 14.1. The van der Waals surface area contributed by atoms with Crippen LogP contribution in [0.3, 0.4) is 0 Å². The molecular formula is C14H12N4O2. The van der Waals surface area contributed by atoms with Gasteiger partial charge in [0.2, 0.25) is 0 Å². The van der Waals surface area contributed by atoms with E-state index in [1.807, 2.05) is 29.8 Å². The Kier molecular flexibility index (Phi) is 2.90. The third kappa shape index (κ3) is 1.82. The van der Waals surface area contributed by atoms with Gasteiger partial charge in [-0.1, -0.05) is 19.1 Å². The molecule has 0 aliphatic heterocycles. The number of imidazole rings is 1. The zero-order valence-corrected chi connectivity index (χ0v) is 10.9. The number of nitrogens with zero attached hydrogens (tertiary/aromatic N) is 4. The van der Waals surface area contributed by atoms with Crippen LogP contribution in [-0.2, 0) is 6.42 Å². The molecule has 0 aliphatic carbocycles. The first-order valence-electron chi connectivity index (χ1n) is 6.27. The Morgan fingerprint density at radius 2 is 2.10 bits per heavy atom. The van der Waals surface area contributed by atoms with Crippen molar-refractivity contribution in [3.63, 3.8) is 0 Å². The lowest BCUT2D eigenvalue weighted by Crippen LogP contribution is -2.01. The maximum atomic E-state index is 11.1. The van der Waals surface area contributed by atoms with Gasteiger partial charge in [0.25, 0.3) is 5.69 Å². The van der Waals surface area contributed by atoms with Crippen molar-refractivity contribution in [2.75, 3.05) is 0 Å². The van der Waals surface area contributed by atoms with Gasteiger partial charge >= 0.3 is 0 Å². The van der Waals surface area contributed by atoms with Crippen LogP contribution in [-0.4, -0.2) is 19.5 Å². The number of aromatic nitrogens is 3. The molecule has 6 nitrogen and oxygen atoms in total. The number of pyridine rings is 1. The van der Waals surface area contributed by atoms with E-state index in [2.05, 4.69) is 9.97 Å². The summed E-state index contributed by atoms with van der Waals surface area (Å²) in [6, 6.07) is 6.82. The lowest BCUT2D eigenvalue weighted by atomic mass is 10.1. The number of hydrogen-bond acceptors (Lipinski definition) is 4. The van der Waals surface area contributed by atoms with Gasteiger partial charge < -0.3 is 4.57 Å². The fourth-order valence-electron chi connectivity index (χ4n) is 2.32. The van der Waals surface area contributed by atoms with Gasteiger partial charge in [-0.05, 0) is 6.07 Å². The molecule has 0 fully saturated rings. The summed E-state index contributed by atoms with van der Waals surface area (Å²) in [6.07, 6.45) is 5.95. The van der Waals surface area contributed by atoms with Crippen LogP contribution in [0.5, 0.6) is 0 Å². The molecule has 0 spiro atoms. The number of non-ortho nitro benzene ring substituents is 1. The van der Waals surface area contributed by atoms with Crippen LogP contribution in [0.25, 0.3) is 16.6 Å². The third-order valence-electron chi connectivity index (χ3n) is 3.22. The Labute approximate surface area is 114 Å². The standard InChI is InChI=1S/C14H12N4O2/c1-2-13-15-8-9-17(13)11-6-7-16-14-10(11)4-3-5-12(14)18(19)20/h3-9H,2H2,1H3. The molecule has 20 heavy (non-hydrogen) atoms. The van der Waals surface area contributed by atoms with Crippen LogP contribution in [0.4, 0.5) is 5.69 Å². The molecule has 0 unspecified atom stereocenters. The van der Waals surface area contributed by atoms with Crippen LogP contribution in [0.2, 0.25) is 0 Å². The fraction of sp³-hybridized carbons (Fsp3) is 0.143. The maximum absolute atomic E-state index is 11.1. The molecule has 100 valence electrons. The topological polar surface area (TPSA) is 73.8 Å². The van der Waals surface area contributed by atoms with E-state index in [1.54, 1.807) is 18.5 Å². The van der Waals surface area contributed by atoms with Crippen LogP contribution in [0.1, 0.15) is 12.7 Å². The van der Waals surface area contributed by atoms with Gasteiger partial charge in [0.15, 0.2) is 0 Å². The minimum absolute atomic E-state index is 0.0162. The number of fused-ring (bicyclic) bond motifs is 1. The monoisotopic (exact) mass is 268 g/mol. The van der Waals surface area contributed by atoms with Crippen molar-refractivity contribution in [2.24, 2.45) is 0 Å². The average Bonchev–Trinajstić information content (AvgIpc) is 2.94. The highest BCUT2D eigenvalue weighted by molar-refractivity contribution is 5.93. The number of rotatable bonds is 3. The molecule has 0 saturated carbocycles. The number of hydrogen-bond donors (Lipinski definition) is 0. The van der Waals surface area contributed by atoms with Crippen molar-refractivity contribution >= 4 is 16.6 Å². The summed E-state index contributed by atoms with van der Waals surface area (Å²) < 4.78 is 1.94. The van der Waals surface area contributed by atoms with Gasteiger partial charge in [-0.15, -0.1) is 0 Å². The lowest BCUT2D eigenvalue weighted by molar-refractivity contribution is -0.383. The van der Waals surface area contributed by atoms with Crippen LogP contribution < -0.4 is 0 Å². The molecule has 3 rings (SSSR count). The highest BCUT2D eigenvalue weighted by atomic mass is 16.6. The first kappa shape index (κ1) is 12.3. The lowest BCUT2D eigenvalue weighted by Gasteiger charge is -2.09. The number of benzene rings is 1. The van der Waals surface area contributed by atoms with E-state index < -0.39 is 4.92 Å². The van der Waals surface area contributed by atoms with E-state index in [0.29, 0.717) is 5.52 Å². The van der Waals surface area contributed by atoms with Crippen molar-refractivity contribution in [1.29, 1.82) is 0 Å². The van der Waals surface area contributed by atoms with Gasteiger partial charge in [0.1, 0.15) is 11.3 Å². The third-order valence-corrected chi connectivity index (χ3v) is 3.22. The van der Waals surface area contributed by atoms with E-state index in [1.165, 1.54) is 6.07 Å². The quantitative estimate of drug-likeness (QED) is 0.540. The van der Waals surface area contributed by atoms with Gasteiger partial charge in [-0.2, -0.15) is 0 Å². The smallest absolute Gasteiger partial charge is 0.295 e. The number of aryl methyl sites for hydroxylation is 1. The number of para-hydroxylation sites is 1. The molecule has 0 aliphatic rings. The van der Waals surface area contributed by atoms with Gasteiger partial charge in [-0.25, -0.2) is 9.97 Å². The van der Waals surface area contributed by atoms with Gasteiger partial charge in [0.05, 0.1) is 10.6 Å². The largest absolute Gasteiger partial charge is 0.303 e. The Morgan fingerprint density at radius 1 is 1.25 bits per heavy atom. The maximum Gasteiger partial charge on any atom is 0.295 e. The van der Waals surface area contributed by atoms with E-state index >= 15 is 0 Å². The second-order valence-corrected chi connectivity index (χ2v) is 4.33. The molecule has 0 bridgehead atoms. The summed E-state index contributed by atoms with van der Waals surface area (Å²) in [5.74, 6) is 0.906. The molecule has 0 saturated heterocycles. The second-order valence-electron chi connectivity index (χ2n) is 4.33. The van der Waals surface area contributed by atoms with Crippen molar-refractivity contribution in [2.45, 2.75) is 13.3 Å². The zero-order valence-electron chi connectivity index (χ0n) is 10.9. The Hall–Kier alpha value is -2.76. The number of nitro groups is 1. The SMILES string of the molecule is CCc1nccn1-c1ccnc2c([N+](=O)[O-])cccc12. The average molecular weight is 268 g/mol. The van der Waals surface area contributed by atoms with E-state index in [9.17, 15) is 10.1 Å². The van der Waals surface area contributed by atoms with Crippen molar-refractivity contribution < 1.29 is 4.92 Å². The minimum Gasteiger partial charge on any atom is -0.303 e. The van der Waals surface area contributed by atoms with Gasteiger partial charge in [-0.3, -0.25) is 10.1 Å². The summed E-state index contributed by atoms with van der Waals surface area (Å²) >= 11 is 0. The highest BCUT2D eigenvalue weighted by Crippen LogP contribution is 2.28. The summed E-state index contributed by atoms with van der Waals surface area (Å²) in [5, 5.41) is 11.8. The molecule has 0 atom stereocenters. The fourth-order valence-corrected chi connectivity index (χ4v) is 2.32.